The summed E-state index contributed by atoms with van der Waals surface area (Å²) < 4.78 is 0. The highest BCUT2D eigenvalue weighted by atomic mass is 35.5. The minimum atomic E-state index is 0.663. The van der Waals surface area contributed by atoms with E-state index in [2.05, 4.69) is 16.0 Å². The molecular formula is C12H11ClN2. The first-order valence-corrected chi connectivity index (χ1v) is 5.14. The lowest BCUT2D eigenvalue weighted by Gasteiger charge is -2.00. The van der Waals surface area contributed by atoms with Gasteiger partial charge < -0.3 is 0 Å². The maximum absolute atomic E-state index is 5.76. The minimum Gasteiger partial charge on any atom is -0.261 e. The second-order valence-electron chi connectivity index (χ2n) is 3.47. The molecule has 3 heteroatoms. The lowest BCUT2D eigenvalue weighted by atomic mass is 10.2. The standard InChI is InChI=1S/C12H11ClN2/c1-9-2-4-11(14-7-9)6-12-5-3-10(13)8-15-12/h2-5,7-8H,6H2,1H3. The summed E-state index contributed by atoms with van der Waals surface area (Å²) in [4.78, 5) is 8.55. The Bertz CT molecular complexity index is 391. The zero-order valence-corrected chi connectivity index (χ0v) is 9.20. The van der Waals surface area contributed by atoms with E-state index in [1.807, 2.05) is 31.3 Å². The van der Waals surface area contributed by atoms with E-state index < -0.39 is 0 Å². The first-order chi connectivity index (χ1) is 7.24. The lowest BCUT2D eigenvalue weighted by Crippen LogP contribution is -1.94. The van der Waals surface area contributed by atoms with E-state index in [1.54, 1.807) is 6.20 Å². The molecule has 0 spiro atoms. The maximum Gasteiger partial charge on any atom is 0.0589 e. The van der Waals surface area contributed by atoms with Crippen molar-refractivity contribution < 1.29 is 0 Å². The molecule has 76 valence electrons. The lowest BCUT2D eigenvalue weighted by molar-refractivity contribution is 1.01. The molecule has 0 N–H and O–H groups in total. The molecule has 0 aliphatic rings. The van der Waals surface area contributed by atoms with Gasteiger partial charge >= 0.3 is 0 Å². The Kier molecular flexibility index (Phi) is 2.97. The Morgan fingerprint density at radius 2 is 1.67 bits per heavy atom. The minimum absolute atomic E-state index is 0.663. The number of aryl methyl sites for hydroxylation is 1. The van der Waals surface area contributed by atoms with Gasteiger partial charge in [0.25, 0.3) is 0 Å². The second-order valence-corrected chi connectivity index (χ2v) is 3.91. The van der Waals surface area contributed by atoms with Crippen LogP contribution in [0.2, 0.25) is 5.02 Å². The van der Waals surface area contributed by atoms with Crippen molar-refractivity contribution in [3.8, 4) is 0 Å². The highest BCUT2D eigenvalue weighted by Gasteiger charge is 1.98. The largest absolute Gasteiger partial charge is 0.261 e. The highest BCUT2D eigenvalue weighted by molar-refractivity contribution is 6.30. The van der Waals surface area contributed by atoms with Gasteiger partial charge in [-0.15, -0.1) is 0 Å². The number of pyridine rings is 2. The predicted molar refractivity (Wildman–Crippen MR) is 61.0 cm³/mol. The molecule has 2 aromatic rings. The first kappa shape index (κ1) is 10.1. The molecule has 0 aliphatic heterocycles. The van der Waals surface area contributed by atoms with Gasteiger partial charge in [-0.3, -0.25) is 9.97 Å². The highest BCUT2D eigenvalue weighted by Crippen LogP contribution is 2.09. The molecule has 2 heterocycles. The van der Waals surface area contributed by atoms with Crippen LogP contribution in [0.15, 0.2) is 36.7 Å². The topological polar surface area (TPSA) is 25.8 Å². The number of hydrogen-bond acceptors (Lipinski definition) is 2. The van der Waals surface area contributed by atoms with Gasteiger partial charge in [-0.05, 0) is 30.7 Å². The number of hydrogen-bond donors (Lipinski definition) is 0. The van der Waals surface area contributed by atoms with Crippen LogP contribution in [0.4, 0.5) is 0 Å². The van der Waals surface area contributed by atoms with Gasteiger partial charge in [-0.1, -0.05) is 17.7 Å². The van der Waals surface area contributed by atoms with Crippen molar-refractivity contribution in [3.63, 3.8) is 0 Å². The van der Waals surface area contributed by atoms with Crippen molar-refractivity contribution >= 4 is 11.6 Å². The molecule has 0 bridgehead atoms. The maximum atomic E-state index is 5.76. The third kappa shape index (κ3) is 2.77. The number of nitrogens with zero attached hydrogens (tertiary/aromatic N) is 2. The molecule has 2 rings (SSSR count). The molecule has 2 nitrogen and oxygen atoms in total. The smallest absolute Gasteiger partial charge is 0.0589 e. The van der Waals surface area contributed by atoms with Crippen LogP contribution in [0.3, 0.4) is 0 Å². The molecule has 0 aliphatic carbocycles. The Labute approximate surface area is 94.0 Å². The van der Waals surface area contributed by atoms with Crippen LogP contribution < -0.4 is 0 Å². The third-order valence-electron chi connectivity index (χ3n) is 2.12. The summed E-state index contributed by atoms with van der Waals surface area (Å²) in [5, 5.41) is 0.663. The van der Waals surface area contributed by atoms with Gasteiger partial charge in [0.05, 0.1) is 5.02 Å². The van der Waals surface area contributed by atoms with E-state index in [0.29, 0.717) is 5.02 Å². The average molecular weight is 219 g/mol. The van der Waals surface area contributed by atoms with Gasteiger partial charge in [-0.25, -0.2) is 0 Å². The summed E-state index contributed by atoms with van der Waals surface area (Å²) in [6.45, 7) is 2.03. The first-order valence-electron chi connectivity index (χ1n) is 4.76. The van der Waals surface area contributed by atoms with Crippen molar-refractivity contribution in [1.29, 1.82) is 0 Å². The van der Waals surface area contributed by atoms with Crippen LogP contribution >= 0.6 is 11.6 Å². The summed E-state index contributed by atoms with van der Waals surface area (Å²) >= 11 is 5.76. The SMILES string of the molecule is Cc1ccc(Cc2ccc(Cl)cn2)nc1. The van der Waals surface area contributed by atoms with Gasteiger partial charge in [0, 0.05) is 30.2 Å². The van der Waals surface area contributed by atoms with Crippen molar-refractivity contribution in [1.82, 2.24) is 9.97 Å². The summed E-state index contributed by atoms with van der Waals surface area (Å²) in [7, 11) is 0. The monoisotopic (exact) mass is 218 g/mol. The molecular weight excluding hydrogens is 208 g/mol. The van der Waals surface area contributed by atoms with Crippen molar-refractivity contribution in [2.24, 2.45) is 0 Å². The molecule has 0 saturated carbocycles. The molecule has 0 saturated heterocycles. The average Bonchev–Trinajstić information content (AvgIpc) is 2.25. The predicted octanol–water partition coefficient (Wildman–Crippen LogP) is 3.03. The Hall–Kier alpha value is -1.41. The summed E-state index contributed by atoms with van der Waals surface area (Å²) in [6.07, 6.45) is 4.27. The van der Waals surface area contributed by atoms with Crippen LogP contribution in [0, 0.1) is 6.92 Å². The quantitative estimate of drug-likeness (QED) is 0.775. The molecule has 2 aromatic heterocycles. The zero-order valence-electron chi connectivity index (χ0n) is 8.44. The van der Waals surface area contributed by atoms with Crippen molar-refractivity contribution in [2.45, 2.75) is 13.3 Å². The van der Waals surface area contributed by atoms with Crippen LogP contribution in [0.25, 0.3) is 0 Å². The summed E-state index contributed by atoms with van der Waals surface area (Å²) in [5.74, 6) is 0. The second kappa shape index (κ2) is 4.41. The number of halogens is 1. The molecule has 0 aromatic carbocycles. The fourth-order valence-electron chi connectivity index (χ4n) is 1.30. The Balaban J connectivity index is 2.15. The number of rotatable bonds is 2. The molecule has 0 atom stereocenters. The van der Waals surface area contributed by atoms with Crippen molar-refractivity contribution in [2.75, 3.05) is 0 Å². The van der Waals surface area contributed by atoms with Crippen LogP contribution in [0.5, 0.6) is 0 Å². The van der Waals surface area contributed by atoms with E-state index in [0.717, 1.165) is 17.8 Å². The normalized spacial score (nSPS) is 10.3. The number of aromatic nitrogens is 2. The molecule has 0 amide bonds. The Morgan fingerprint density at radius 1 is 1.00 bits per heavy atom. The van der Waals surface area contributed by atoms with Gasteiger partial charge in [0.2, 0.25) is 0 Å². The van der Waals surface area contributed by atoms with Crippen LogP contribution in [0.1, 0.15) is 17.0 Å². The third-order valence-corrected chi connectivity index (χ3v) is 2.35. The fourth-order valence-corrected chi connectivity index (χ4v) is 1.41. The molecule has 0 fully saturated rings. The van der Waals surface area contributed by atoms with E-state index >= 15 is 0 Å². The van der Waals surface area contributed by atoms with E-state index in [1.165, 1.54) is 5.56 Å². The van der Waals surface area contributed by atoms with E-state index in [-0.39, 0.29) is 0 Å². The van der Waals surface area contributed by atoms with Crippen molar-refractivity contribution in [3.05, 3.63) is 58.6 Å². The Morgan fingerprint density at radius 3 is 2.20 bits per heavy atom. The van der Waals surface area contributed by atoms with Gasteiger partial charge in [0.1, 0.15) is 0 Å². The van der Waals surface area contributed by atoms with Crippen LogP contribution in [-0.2, 0) is 6.42 Å². The summed E-state index contributed by atoms with van der Waals surface area (Å²) in [6, 6.07) is 7.84. The zero-order chi connectivity index (χ0) is 10.7. The molecule has 15 heavy (non-hydrogen) atoms. The fraction of sp³-hybridized carbons (Fsp3) is 0.167. The van der Waals surface area contributed by atoms with Gasteiger partial charge in [-0.2, -0.15) is 0 Å². The van der Waals surface area contributed by atoms with Gasteiger partial charge in [0.15, 0.2) is 0 Å². The van der Waals surface area contributed by atoms with E-state index in [9.17, 15) is 0 Å². The summed E-state index contributed by atoms with van der Waals surface area (Å²) in [5.41, 5.74) is 3.17. The van der Waals surface area contributed by atoms with Crippen LogP contribution in [-0.4, -0.2) is 9.97 Å². The molecule has 0 unspecified atom stereocenters. The molecule has 0 radical (unpaired) electrons. The van der Waals surface area contributed by atoms with E-state index in [4.69, 9.17) is 11.6 Å².